The molecule has 0 bridgehead atoms. The average Bonchev–Trinajstić information content (AvgIpc) is 2.33. The van der Waals surface area contributed by atoms with Crippen LogP contribution in [-0.2, 0) is 0 Å². The number of hydrogen-bond acceptors (Lipinski definition) is 0. The van der Waals surface area contributed by atoms with Crippen LogP contribution >= 0.6 is 22.2 Å². The second-order valence-electron chi connectivity index (χ2n) is 6.88. The first kappa shape index (κ1) is 19.8. The Balaban J connectivity index is 3.76. The Morgan fingerprint density at radius 1 is 0.789 bits per heavy atom. The van der Waals surface area contributed by atoms with Crippen LogP contribution in [0.25, 0.3) is 0 Å². The molecule has 0 radical (unpaired) electrons. The summed E-state index contributed by atoms with van der Waals surface area (Å²) in [5.41, 5.74) is 0. The molecule has 3 heteroatoms. The molecule has 19 heavy (non-hydrogen) atoms. The van der Waals surface area contributed by atoms with Crippen molar-refractivity contribution in [3.8, 4) is 0 Å². The van der Waals surface area contributed by atoms with Crippen LogP contribution in [-0.4, -0.2) is 6.69 Å². The van der Waals surface area contributed by atoms with Gasteiger partial charge in [0, 0.05) is 0 Å². The van der Waals surface area contributed by atoms with E-state index >= 15 is 0 Å². The number of halogens is 2. The third-order valence-electron chi connectivity index (χ3n) is 4.18. The minimum atomic E-state index is -1.96. The maximum atomic E-state index is 6.57. The van der Waals surface area contributed by atoms with Crippen molar-refractivity contribution in [2.45, 2.75) is 85.2 Å². The Kier molecular flexibility index (Phi) is 11.0. The average molecular weight is 325 g/mol. The molecule has 0 nitrogen and oxygen atoms in total. The monoisotopic (exact) mass is 324 g/mol. The van der Waals surface area contributed by atoms with E-state index in [1.54, 1.807) is 0 Å². The maximum absolute atomic E-state index is 6.57. The highest BCUT2D eigenvalue weighted by molar-refractivity contribution is 7.45. The standard InChI is InChI=1S/C16H34Cl2Si/c1-6-15(4)10-12-19(17,18)13-11-16(5)9-7-8-14(2)3/h14-16H,6-13H2,1-5H3. The fourth-order valence-corrected chi connectivity index (χ4v) is 5.65. The quantitative estimate of drug-likeness (QED) is 0.278. The van der Waals surface area contributed by atoms with Gasteiger partial charge in [0.2, 0.25) is 0 Å². The fraction of sp³-hybridized carbons (Fsp3) is 1.00. The Morgan fingerprint density at radius 2 is 1.32 bits per heavy atom. The Labute approximate surface area is 132 Å². The van der Waals surface area contributed by atoms with E-state index in [2.05, 4.69) is 34.6 Å². The molecule has 0 aliphatic heterocycles. The van der Waals surface area contributed by atoms with E-state index < -0.39 is 6.69 Å². The molecule has 0 saturated heterocycles. The van der Waals surface area contributed by atoms with E-state index in [4.69, 9.17) is 22.2 Å². The lowest BCUT2D eigenvalue weighted by Crippen LogP contribution is -2.20. The van der Waals surface area contributed by atoms with E-state index in [9.17, 15) is 0 Å². The first-order valence-electron chi connectivity index (χ1n) is 8.14. The summed E-state index contributed by atoms with van der Waals surface area (Å²) < 4.78 is 0. The molecule has 2 unspecified atom stereocenters. The largest absolute Gasteiger partial charge is 0.251 e. The minimum Gasteiger partial charge on any atom is -0.146 e. The molecule has 2 atom stereocenters. The number of hydrogen-bond donors (Lipinski definition) is 0. The van der Waals surface area contributed by atoms with Crippen molar-refractivity contribution in [2.24, 2.45) is 17.8 Å². The summed E-state index contributed by atoms with van der Waals surface area (Å²) in [6, 6.07) is 2.15. The zero-order chi connectivity index (χ0) is 14.9. The zero-order valence-corrected chi connectivity index (χ0v) is 16.2. The highest BCUT2D eigenvalue weighted by atomic mass is 35.7. The van der Waals surface area contributed by atoms with Gasteiger partial charge in [-0.05, 0) is 29.8 Å². The summed E-state index contributed by atoms with van der Waals surface area (Å²) in [5.74, 6) is 2.39. The van der Waals surface area contributed by atoms with Crippen LogP contribution in [0.4, 0.5) is 0 Å². The van der Waals surface area contributed by atoms with Gasteiger partial charge in [-0.25, -0.2) is 0 Å². The molecular formula is C16H34Cl2Si. The van der Waals surface area contributed by atoms with Gasteiger partial charge in [-0.15, -0.1) is 22.2 Å². The Hall–Kier alpha value is 0.797. The topological polar surface area (TPSA) is 0 Å². The van der Waals surface area contributed by atoms with Crippen LogP contribution < -0.4 is 0 Å². The fourth-order valence-electron chi connectivity index (χ4n) is 2.26. The summed E-state index contributed by atoms with van der Waals surface area (Å²) in [7, 11) is 0. The molecule has 0 aromatic carbocycles. The van der Waals surface area contributed by atoms with E-state index in [1.807, 2.05) is 0 Å². The molecule has 0 fully saturated rings. The molecule has 0 spiro atoms. The third kappa shape index (κ3) is 12.3. The smallest absolute Gasteiger partial charge is 0.146 e. The number of rotatable bonds is 11. The van der Waals surface area contributed by atoms with Gasteiger partial charge >= 0.3 is 0 Å². The van der Waals surface area contributed by atoms with Gasteiger partial charge in [-0.2, -0.15) is 0 Å². The van der Waals surface area contributed by atoms with Crippen molar-refractivity contribution >= 4 is 28.9 Å². The first-order valence-corrected chi connectivity index (χ1v) is 12.6. The summed E-state index contributed by atoms with van der Waals surface area (Å²) in [4.78, 5) is 0. The molecule has 0 aromatic heterocycles. The van der Waals surface area contributed by atoms with Crippen molar-refractivity contribution in [1.82, 2.24) is 0 Å². The van der Waals surface area contributed by atoms with Gasteiger partial charge in [0.05, 0.1) is 0 Å². The van der Waals surface area contributed by atoms with Gasteiger partial charge < -0.3 is 0 Å². The van der Waals surface area contributed by atoms with Crippen LogP contribution in [0.1, 0.15) is 73.1 Å². The lowest BCUT2D eigenvalue weighted by Gasteiger charge is -2.21. The first-order chi connectivity index (χ1) is 8.76. The van der Waals surface area contributed by atoms with Gasteiger partial charge in [0.1, 0.15) is 0 Å². The predicted octanol–water partition coefficient (Wildman–Crippen LogP) is 7.19. The molecule has 0 aliphatic carbocycles. The third-order valence-corrected chi connectivity index (χ3v) is 8.49. The van der Waals surface area contributed by atoms with Gasteiger partial charge in [-0.3, -0.25) is 0 Å². The molecule has 0 heterocycles. The van der Waals surface area contributed by atoms with Crippen LogP contribution in [0.15, 0.2) is 0 Å². The summed E-state index contributed by atoms with van der Waals surface area (Å²) in [5, 5.41) is 0. The normalized spacial score (nSPS) is 15.8. The van der Waals surface area contributed by atoms with Crippen LogP contribution in [0.5, 0.6) is 0 Å². The Morgan fingerprint density at radius 3 is 1.79 bits per heavy atom. The molecule has 0 saturated carbocycles. The highest BCUT2D eigenvalue weighted by Gasteiger charge is 2.28. The van der Waals surface area contributed by atoms with E-state index in [1.165, 1.54) is 38.5 Å². The molecule has 116 valence electrons. The van der Waals surface area contributed by atoms with E-state index in [0.29, 0.717) is 0 Å². The molecule has 0 aliphatic rings. The van der Waals surface area contributed by atoms with Crippen LogP contribution in [0.3, 0.4) is 0 Å². The van der Waals surface area contributed by atoms with Crippen molar-refractivity contribution < 1.29 is 0 Å². The van der Waals surface area contributed by atoms with Gasteiger partial charge in [0.25, 0.3) is 6.69 Å². The second kappa shape index (κ2) is 10.5. The van der Waals surface area contributed by atoms with Crippen molar-refractivity contribution in [2.75, 3.05) is 0 Å². The van der Waals surface area contributed by atoms with E-state index in [0.717, 1.165) is 29.8 Å². The van der Waals surface area contributed by atoms with Gasteiger partial charge in [-0.1, -0.05) is 73.1 Å². The van der Waals surface area contributed by atoms with Crippen molar-refractivity contribution in [3.63, 3.8) is 0 Å². The Bertz CT molecular complexity index is 217. The van der Waals surface area contributed by atoms with Crippen LogP contribution in [0, 0.1) is 17.8 Å². The molecule has 0 aromatic rings. The zero-order valence-electron chi connectivity index (χ0n) is 13.6. The second-order valence-corrected chi connectivity index (χ2v) is 14.5. The lowest BCUT2D eigenvalue weighted by molar-refractivity contribution is 0.448. The SMILES string of the molecule is CCC(C)CC[Si](Cl)(Cl)CCC(C)CCCC(C)C. The molecule has 0 amide bonds. The highest BCUT2D eigenvalue weighted by Crippen LogP contribution is 2.33. The van der Waals surface area contributed by atoms with E-state index in [-0.39, 0.29) is 0 Å². The molecule has 0 rings (SSSR count). The van der Waals surface area contributed by atoms with Gasteiger partial charge in [0.15, 0.2) is 0 Å². The summed E-state index contributed by atoms with van der Waals surface area (Å²) in [6.45, 7) is 9.54. The van der Waals surface area contributed by atoms with Crippen molar-refractivity contribution in [3.05, 3.63) is 0 Å². The van der Waals surface area contributed by atoms with Crippen molar-refractivity contribution in [1.29, 1.82) is 0 Å². The molecular weight excluding hydrogens is 291 g/mol. The molecule has 0 N–H and O–H groups in total. The predicted molar refractivity (Wildman–Crippen MR) is 93.6 cm³/mol. The minimum absolute atomic E-state index is 0.771. The lowest BCUT2D eigenvalue weighted by atomic mass is 9.98. The summed E-state index contributed by atoms with van der Waals surface area (Å²) >= 11 is 13.1. The van der Waals surface area contributed by atoms with Crippen LogP contribution in [0.2, 0.25) is 12.1 Å². The summed E-state index contributed by atoms with van der Waals surface area (Å²) in [6.07, 6.45) is 7.70. The maximum Gasteiger partial charge on any atom is 0.251 e.